The average Bonchev–Trinajstić information content (AvgIpc) is 2.39. The molecule has 2 aromatic carbocycles. The minimum Gasteiger partial charge on any atom is -0.385 e. The highest BCUT2D eigenvalue weighted by molar-refractivity contribution is 5.57. The first-order valence-electron chi connectivity index (χ1n) is 6.34. The van der Waals surface area contributed by atoms with Crippen LogP contribution in [0.1, 0.15) is 29.0 Å². The predicted molar refractivity (Wildman–Crippen MR) is 72.5 cm³/mol. The van der Waals surface area contributed by atoms with Crippen molar-refractivity contribution in [1.82, 2.24) is 0 Å². The maximum absolute atomic E-state index is 13.4. The molecule has 92 valence electrons. The van der Waals surface area contributed by atoms with Crippen LogP contribution in [0.3, 0.4) is 0 Å². The molecule has 0 aliphatic carbocycles. The molecule has 0 saturated carbocycles. The molecule has 2 heteroatoms. The number of benzene rings is 2. The first kappa shape index (κ1) is 11.3. The van der Waals surface area contributed by atoms with Gasteiger partial charge in [-0.2, -0.15) is 0 Å². The number of aryl methyl sites for hydroxylation is 1. The minimum atomic E-state index is -0.158. The lowest BCUT2D eigenvalue weighted by atomic mass is 9.85. The molecule has 1 atom stereocenters. The molecule has 1 heterocycles. The van der Waals surface area contributed by atoms with E-state index in [0.717, 1.165) is 24.2 Å². The number of hydrogen-bond donors (Lipinski definition) is 1. The molecule has 0 amide bonds. The molecule has 1 aliphatic rings. The molecule has 0 aromatic heterocycles. The van der Waals surface area contributed by atoms with Crippen molar-refractivity contribution in [3.8, 4) is 0 Å². The highest BCUT2D eigenvalue weighted by Crippen LogP contribution is 2.36. The van der Waals surface area contributed by atoms with E-state index in [9.17, 15) is 4.39 Å². The van der Waals surface area contributed by atoms with Crippen molar-refractivity contribution in [2.75, 3.05) is 11.9 Å². The van der Waals surface area contributed by atoms with Gasteiger partial charge in [0.15, 0.2) is 0 Å². The Hall–Kier alpha value is -1.83. The fourth-order valence-electron chi connectivity index (χ4n) is 2.63. The lowest BCUT2D eigenvalue weighted by molar-refractivity contribution is 0.618. The van der Waals surface area contributed by atoms with Crippen LogP contribution in [0.15, 0.2) is 42.5 Å². The summed E-state index contributed by atoms with van der Waals surface area (Å²) < 4.78 is 13.4. The number of fused-ring (bicyclic) bond motifs is 1. The molecule has 0 bridgehead atoms. The van der Waals surface area contributed by atoms with Crippen LogP contribution in [0.4, 0.5) is 10.1 Å². The van der Waals surface area contributed by atoms with Crippen LogP contribution < -0.4 is 5.32 Å². The van der Waals surface area contributed by atoms with Crippen molar-refractivity contribution in [2.45, 2.75) is 19.3 Å². The molecule has 1 aliphatic heterocycles. The van der Waals surface area contributed by atoms with E-state index in [1.807, 2.05) is 6.07 Å². The smallest absolute Gasteiger partial charge is 0.123 e. The van der Waals surface area contributed by atoms with Crippen molar-refractivity contribution in [2.24, 2.45) is 0 Å². The van der Waals surface area contributed by atoms with Gasteiger partial charge in [0.1, 0.15) is 5.82 Å². The first-order chi connectivity index (χ1) is 8.74. The maximum atomic E-state index is 13.4. The van der Waals surface area contributed by atoms with Gasteiger partial charge in [-0.1, -0.05) is 29.8 Å². The first-order valence-corrected chi connectivity index (χ1v) is 6.34. The molecular weight excluding hydrogens is 225 g/mol. The Labute approximate surface area is 107 Å². The van der Waals surface area contributed by atoms with Gasteiger partial charge in [-0.3, -0.25) is 0 Å². The van der Waals surface area contributed by atoms with Gasteiger partial charge >= 0.3 is 0 Å². The fraction of sp³-hybridized carbons (Fsp3) is 0.250. The fourth-order valence-corrected chi connectivity index (χ4v) is 2.63. The number of nitrogens with one attached hydrogen (secondary N) is 1. The SMILES string of the molecule is Cc1ccc(C2CCNc3ccc(F)cc32)cc1. The van der Waals surface area contributed by atoms with Crippen LogP contribution in [0.5, 0.6) is 0 Å². The molecule has 0 fully saturated rings. The molecule has 1 N–H and O–H groups in total. The van der Waals surface area contributed by atoms with Crippen molar-refractivity contribution in [3.05, 3.63) is 65.0 Å². The summed E-state index contributed by atoms with van der Waals surface area (Å²) >= 11 is 0. The van der Waals surface area contributed by atoms with Gasteiger partial charge in [0.2, 0.25) is 0 Å². The Morgan fingerprint density at radius 2 is 1.89 bits per heavy atom. The van der Waals surface area contributed by atoms with Crippen LogP contribution in [-0.2, 0) is 0 Å². The summed E-state index contributed by atoms with van der Waals surface area (Å²) in [5.41, 5.74) is 4.67. The Morgan fingerprint density at radius 1 is 1.11 bits per heavy atom. The van der Waals surface area contributed by atoms with Gasteiger partial charge in [-0.25, -0.2) is 4.39 Å². The van der Waals surface area contributed by atoms with E-state index in [1.165, 1.54) is 17.2 Å². The lowest BCUT2D eigenvalue weighted by Gasteiger charge is -2.27. The van der Waals surface area contributed by atoms with Gasteiger partial charge in [-0.15, -0.1) is 0 Å². The molecule has 3 rings (SSSR count). The molecule has 1 nitrogen and oxygen atoms in total. The quantitative estimate of drug-likeness (QED) is 0.793. The summed E-state index contributed by atoms with van der Waals surface area (Å²) in [4.78, 5) is 0. The van der Waals surface area contributed by atoms with E-state index in [0.29, 0.717) is 5.92 Å². The standard InChI is InChI=1S/C16H16FN/c1-11-2-4-12(5-3-11)14-8-9-18-16-7-6-13(17)10-15(14)16/h2-7,10,14,18H,8-9H2,1H3. The van der Waals surface area contributed by atoms with E-state index >= 15 is 0 Å². The molecule has 18 heavy (non-hydrogen) atoms. The minimum absolute atomic E-state index is 0.158. The van der Waals surface area contributed by atoms with E-state index in [2.05, 4.69) is 36.5 Å². The van der Waals surface area contributed by atoms with Crippen LogP contribution in [0.25, 0.3) is 0 Å². The van der Waals surface area contributed by atoms with Gasteiger partial charge in [0.05, 0.1) is 0 Å². The van der Waals surface area contributed by atoms with Crippen LogP contribution in [0.2, 0.25) is 0 Å². The summed E-state index contributed by atoms with van der Waals surface area (Å²) in [5, 5.41) is 3.33. The lowest BCUT2D eigenvalue weighted by Crippen LogP contribution is -2.17. The second-order valence-corrected chi connectivity index (χ2v) is 4.91. The van der Waals surface area contributed by atoms with Crippen molar-refractivity contribution < 1.29 is 4.39 Å². The number of halogens is 1. The van der Waals surface area contributed by atoms with Crippen LogP contribution >= 0.6 is 0 Å². The topological polar surface area (TPSA) is 12.0 Å². The van der Waals surface area contributed by atoms with Crippen molar-refractivity contribution >= 4 is 5.69 Å². The van der Waals surface area contributed by atoms with E-state index in [4.69, 9.17) is 0 Å². The third-order valence-corrected chi connectivity index (χ3v) is 3.62. The third-order valence-electron chi connectivity index (χ3n) is 3.62. The summed E-state index contributed by atoms with van der Waals surface area (Å²) in [6.07, 6.45) is 1.01. The Kier molecular flexibility index (Phi) is 2.78. The van der Waals surface area contributed by atoms with Crippen LogP contribution in [0, 0.1) is 12.7 Å². The van der Waals surface area contributed by atoms with Gasteiger partial charge in [0.25, 0.3) is 0 Å². The van der Waals surface area contributed by atoms with Gasteiger partial charge in [0, 0.05) is 18.2 Å². The van der Waals surface area contributed by atoms with E-state index in [-0.39, 0.29) is 5.82 Å². The highest BCUT2D eigenvalue weighted by atomic mass is 19.1. The van der Waals surface area contributed by atoms with Gasteiger partial charge < -0.3 is 5.32 Å². The Bertz CT molecular complexity index is 560. The van der Waals surface area contributed by atoms with Gasteiger partial charge in [-0.05, 0) is 42.7 Å². The Balaban J connectivity index is 2.05. The molecule has 0 saturated heterocycles. The third kappa shape index (κ3) is 1.99. The summed E-state index contributed by atoms with van der Waals surface area (Å²) in [7, 11) is 0. The molecule has 0 radical (unpaired) electrons. The predicted octanol–water partition coefficient (Wildman–Crippen LogP) is 4.08. The van der Waals surface area contributed by atoms with Crippen molar-refractivity contribution in [3.63, 3.8) is 0 Å². The normalized spacial score (nSPS) is 18.0. The zero-order valence-electron chi connectivity index (χ0n) is 10.4. The Morgan fingerprint density at radius 3 is 2.67 bits per heavy atom. The molecule has 2 aromatic rings. The summed E-state index contributed by atoms with van der Waals surface area (Å²) in [6.45, 7) is 3.02. The summed E-state index contributed by atoms with van der Waals surface area (Å²) in [5.74, 6) is 0.145. The zero-order chi connectivity index (χ0) is 12.5. The second-order valence-electron chi connectivity index (χ2n) is 4.91. The second kappa shape index (κ2) is 4.45. The summed E-state index contributed by atoms with van der Waals surface area (Å²) in [6, 6.07) is 13.6. The van der Waals surface area contributed by atoms with E-state index < -0.39 is 0 Å². The zero-order valence-corrected chi connectivity index (χ0v) is 10.4. The largest absolute Gasteiger partial charge is 0.385 e. The molecule has 1 unspecified atom stereocenters. The number of rotatable bonds is 1. The number of anilines is 1. The van der Waals surface area contributed by atoms with Crippen molar-refractivity contribution in [1.29, 1.82) is 0 Å². The molecular formula is C16H16FN. The number of hydrogen-bond acceptors (Lipinski definition) is 1. The monoisotopic (exact) mass is 241 g/mol. The highest BCUT2D eigenvalue weighted by Gasteiger charge is 2.21. The van der Waals surface area contributed by atoms with E-state index in [1.54, 1.807) is 6.07 Å². The molecule has 0 spiro atoms. The average molecular weight is 241 g/mol. The van der Waals surface area contributed by atoms with Crippen LogP contribution in [-0.4, -0.2) is 6.54 Å². The maximum Gasteiger partial charge on any atom is 0.123 e.